The first-order valence-electron chi connectivity index (χ1n) is 11.5. The van der Waals surface area contributed by atoms with Gasteiger partial charge in [0.1, 0.15) is 6.04 Å². The molecular weight excluding hydrogens is 580 g/mol. The second kappa shape index (κ2) is 10.3. The zero-order chi connectivity index (χ0) is 26.2. The van der Waals surface area contributed by atoms with Gasteiger partial charge in [0.05, 0.1) is 10.6 Å². The third-order valence-corrected chi connectivity index (χ3v) is 8.61. The lowest BCUT2D eigenvalue weighted by atomic mass is 10.1. The molecule has 0 saturated carbocycles. The lowest BCUT2D eigenvalue weighted by Gasteiger charge is -2.22. The number of benzene rings is 3. The first-order valence-corrected chi connectivity index (χ1v) is 14.2. The quantitative estimate of drug-likeness (QED) is 0.281. The Labute approximate surface area is 227 Å². The number of sulfonamides is 1. The van der Waals surface area contributed by atoms with E-state index in [1.807, 2.05) is 24.3 Å². The van der Waals surface area contributed by atoms with E-state index in [0.29, 0.717) is 41.0 Å². The molecule has 1 aliphatic rings. The Morgan fingerprint density at radius 3 is 2.73 bits per heavy atom. The maximum Gasteiger partial charge on any atom is 0.262 e. The van der Waals surface area contributed by atoms with Gasteiger partial charge in [0.15, 0.2) is 0 Å². The van der Waals surface area contributed by atoms with Crippen LogP contribution in [-0.2, 0) is 10.0 Å². The fraction of sp³-hybridized carbons (Fsp3) is 0.192. The summed E-state index contributed by atoms with van der Waals surface area (Å²) in [5.74, 6) is 0.471. The van der Waals surface area contributed by atoms with Crippen molar-refractivity contribution < 1.29 is 17.7 Å². The monoisotopic (exact) mass is 600 g/mol. The van der Waals surface area contributed by atoms with Crippen LogP contribution in [0.1, 0.15) is 40.7 Å². The molecule has 11 heteroatoms. The second-order valence-electron chi connectivity index (χ2n) is 8.69. The van der Waals surface area contributed by atoms with E-state index in [-0.39, 0.29) is 16.4 Å². The molecule has 1 N–H and O–H groups in total. The van der Waals surface area contributed by atoms with E-state index < -0.39 is 16.1 Å². The van der Waals surface area contributed by atoms with Crippen molar-refractivity contribution in [3.8, 4) is 11.4 Å². The number of aryl methyl sites for hydroxylation is 1. The van der Waals surface area contributed by atoms with Crippen LogP contribution in [0.3, 0.4) is 0 Å². The van der Waals surface area contributed by atoms with Crippen LogP contribution < -0.4 is 4.72 Å². The number of nitrogens with one attached hydrogen (secondary N) is 1. The number of carbonyl (C=O) groups is 1. The molecular formula is C26H22BrClN4O4S. The average molecular weight is 602 g/mol. The van der Waals surface area contributed by atoms with Crippen molar-refractivity contribution in [1.82, 2.24) is 15.0 Å². The summed E-state index contributed by atoms with van der Waals surface area (Å²) in [7, 11) is -3.96. The van der Waals surface area contributed by atoms with E-state index in [2.05, 4.69) is 30.8 Å². The van der Waals surface area contributed by atoms with Crippen LogP contribution in [0.2, 0.25) is 5.02 Å². The third-order valence-electron chi connectivity index (χ3n) is 6.16. The molecule has 2 heterocycles. The van der Waals surface area contributed by atoms with Gasteiger partial charge in [0, 0.05) is 27.2 Å². The number of hydrogen-bond donors (Lipinski definition) is 1. The second-order valence-corrected chi connectivity index (χ2v) is 11.6. The van der Waals surface area contributed by atoms with Crippen molar-refractivity contribution in [3.05, 3.63) is 93.2 Å². The van der Waals surface area contributed by atoms with Crippen molar-refractivity contribution in [3.63, 3.8) is 0 Å². The van der Waals surface area contributed by atoms with Gasteiger partial charge >= 0.3 is 0 Å². The SMILES string of the molecule is Cc1ccc(C(=O)N2CCCC2c2nc(-c3ccccc3Br)no2)cc1S(=O)(=O)Nc1cccc(Cl)c1. The van der Waals surface area contributed by atoms with Gasteiger partial charge in [-0.1, -0.05) is 57.0 Å². The third kappa shape index (κ3) is 5.27. The van der Waals surface area contributed by atoms with Crippen LogP contribution in [0.25, 0.3) is 11.4 Å². The van der Waals surface area contributed by atoms with Crippen LogP contribution in [0, 0.1) is 6.92 Å². The molecule has 8 nitrogen and oxygen atoms in total. The maximum absolute atomic E-state index is 13.6. The number of nitrogens with zero attached hydrogens (tertiary/aromatic N) is 3. The number of amides is 1. The number of aromatic nitrogens is 2. The van der Waals surface area contributed by atoms with E-state index in [0.717, 1.165) is 16.5 Å². The number of halogens is 2. The molecule has 1 saturated heterocycles. The van der Waals surface area contributed by atoms with E-state index in [9.17, 15) is 13.2 Å². The summed E-state index contributed by atoms with van der Waals surface area (Å²) in [5.41, 5.74) is 1.89. The number of carbonyl (C=O) groups excluding carboxylic acids is 1. The maximum atomic E-state index is 13.6. The number of rotatable bonds is 6. The highest BCUT2D eigenvalue weighted by Gasteiger charge is 2.35. The molecule has 1 fully saturated rings. The smallest absolute Gasteiger partial charge is 0.262 e. The Balaban J connectivity index is 1.41. The topological polar surface area (TPSA) is 105 Å². The van der Waals surface area contributed by atoms with Crippen molar-refractivity contribution in [2.45, 2.75) is 30.7 Å². The van der Waals surface area contributed by atoms with Crippen LogP contribution in [0.4, 0.5) is 5.69 Å². The molecule has 0 spiro atoms. The number of anilines is 1. The number of hydrogen-bond acceptors (Lipinski definition) is 6. The summed E-state index contributed by atoms with van der Waals surface area (Å²) in [6.07, 6.45) is 1.42. The van der Waals surface area contributed by atoms with Gasteiger partial charge in [-0.15, -0.1) is 0 Å². The van der Waals surface area contributed by atoms with E-state index >= 15 is 0 Å². The summed E-state index contributed by atoms with van der Waals surface area (Å²) < 4.78 is 35.3. The first kappa shape index (κ1) is 25.4. The fourth-order valence-electron chi connectivity index (χ4n) is 4.34. The summed E-state index contributed by atoms with van der Waals surface area (Å²) >= 11 is 9.49. The highest BCUT2D eigenvalue weighted by Crippen LogP contribution is 2.35. The Morgan fingerprint density at radius 1 is 1.14 bits per heavy atom. The van der Waals surface area contributed by atoms with Gasteiger partial charge in [-0.3, -0.25) is 9.52 Å². The molecule has 1 aromatic heterocycles. The zero-order valence-electron chi connectivity index (χ0n) is 19.7. The van der Waals surface area contributed by atoms with Crippen molar-refractivity contribution >= 4 is 49.1 Å². The standard InChI is InChI=1S/C26H22BrClN4O4S/c1-16-11-12-17(14-23(16)37(34,35)31-19-7-4-6-18(28)15-19)26(33)32-13-5-10-22(32)25-29-24(30-36-25)20-8-2-3-9-21(20)27/h2-4,6-9,11-12,14-15,22,31H,5,10,13H2,1H3. The molecule has 0 bridgehead atoms. The molecule has 190 valence electrons. The minimum Gasteiger partial charge on any atom is -0.337 e. The first-order chi connectivity index (χ1) is 17.7. The Hall–Kier alpha value is -3.21. The molecule has 37 heavy (non-hydrogen) atoms. The number of likely N-dealkylation sites (tertiary alicyclic amines) is 1. The molecule has 1 unspecified atom stereocenters. The minimum absolute atomic E-state index is 0.0167. The van der Waals surface area contributed by atoms with Gasteiger partial charge in [-0.25, -0.2) is 8.42 Å². The van der Waals surface area contributed by atoms with E-state index in [4.69, 9.17) is 16.1 Å². The lowest BCUT2D eigenvalue weighted by molar-refractivity contribution is 0.0710. The van der Waals surface area contributed by atoms with E-state index in [1.54, 1.807) is 42.2 Å². The predicted molar refractivity (Wildman–Crippen MR) is 144 cm³/mol. The normalized spacial score (nSPS) is 15.6. The summed E-state index contributed by atoms with van der Waals surface area (Å²) in [6.45, 7) is 2.17. The Morgan fingerprint density at radius 2 is 1.95 bits per heavy atom. The van der Waals surface area contributed by atoms with Gasteiger partial charge in [-0.05, 0) is 67.8 Å². The molecule has 1 atom stereocenters. The van der Waals surface area contributed by atoms with Crippen LogP contribution in [-0.4, -0.2) is 35.9 Å². The summed E-state index contributed by atoms with van der Waals surface area (Å²) in [6, 6.07) is 18.2. The molecule has 1 amide bonds. The Bertz CT molecular complexity index is 1590. The highest BCUT2D eigenvalue weighted by atomic mass is 79.9. The largest absolute Gasteiger partial charge is 0.337 e. The van der Waals surface area contributed by atoms with Gasteiger partial charge < -0.3 is 9.42 Å². The van der Waals surface area contributed by atoms with Crippen molar-refractivity contribution in [2.24, 2.45) is 0 Å². The summed E-state index contributed by atoms with van der Waals surface area (Å²) in [4.78, 5) is 19.8. The zero-order valence-corrected chi connectivity index (χ0v) is 22.8. The lowest BCUT2D eigenvalue weighted by Crippen LogP contribution is -2.31. The fourth-order valence-corrected chi connectivity index (χ4v) is 6.31. The molecule has 4 aromatic rings. The highest BCUT2D eigenvalue weighted by molar-refractivity contribution is 9.10. The predicted octanol–water partition coefficient (Wildman–Crippen LogP) is 6.24. The van der Waals surface area contributed by atoms with Crippen molar-refractivity contribution in [2.75, 3.05) is 11.3 Å². The van der Waals surface area contributed by atoms with Crippen LogP contribution in [0.15, 0.2) is 80.6 Å². The summed E-state index contributed by atoms with van der Waals surface area (Å²) in [5, 5.41) is 4.52. The minimum atomic E-state index is -3.96. The molecule has 3 aromatic carbocycles. The molecule has 0 aliphatic carbocycles. The van der Waals surface area contributed by atoms with Crippen molar-refractivity contribution in [1.29, 1.82) is 0 Å². The average Bonchev–Trinajstić information content (AvgIpc) is 3.54. The molecule has 0 radical (unpaired) electrons. The van der Waals surface area contributed by atoms with Crippen LogP contribution >= 0.6 is 27.5 Å². The van der Waals surface area contributed by atoms with E-state index in [1.165, 1.54) is 12.1 Å². The van der Waals surface area contributed by atoms with Crippen LogP contribution in [0.5, 0.6) is 0 Å². The van der Waals surface area contributed by atoms with Gasteiger partial charge in [-0.2, -0.15) is 4.98 Å². The van der Waals surface area contributed by atoms with Gasteiger partial charge in [0.25, 0.3) is 15.9 Å². The molecule has 5 rings (SSSR count). The van der Waals surface area contributed by atoms with Gasteiger partial charge in [0.2, 0.25) is 11.7 Å². The molecule has 1 aliphatic heterocycles. The Kier molecular flexibility index (Phi) is 7.06.